The standard InChI is InChI=1S/C11H20O/c12-10-6-2-5-9-11(10)7-3-1-4-8-11/h10,12H,1-9H2/t10-/m0/s1. The number of rotatable bonds is 0. The first kappa shape index (κ1) is 8.55. The minimum atomic E-state index is 0.0338. The van der Waals surface area contributed by atoms with Crippen LogP contribution in [-0.4, -0.2) is 11.2 Å². The Morgan fingerprint density at radius 2 is 1.42 bits per heavy atom. The summed E-state index contributed by atoms with van der Waals surface area (Å²) < 4.78 is 0. The van der Waals surface area contributed by atoms with Crippen molar-refractivity contribution < 1.29 is 5.11 Å². The Bertz CT molecular complexity index is 139. The van der Waals surface area contributed by atoms with Crippen molar-refractivity contribution in [3.63, 3.8) is 0 Å². The molecule has 70 valence electrons. The van der Waals surface area contributed by atoms with Crippen LogP contribution in [0, 0.1) is 5.41 Å². The van der Waals surface area contributed by atoms with Crippen LogP contribution in [0.1, 0.15) is 57.8 Å². The van der Waals surface area contributed by atoms with E-state index >= 15 is 0 Å². The van der Waals surface area contributed by atoms with Crippen molar-refractivity contribution in [1.82, 2.24) is 0 Å². The van der Waals surface area contributed by atoms with E-state index in [1.54, 1.807) is 0 Å². The van der Waals surface area contributed by atoms with Gasteiger partial charge in [0.05, 0.1) is 6.10 Å². The summed E-state index contributed by atoms with van der Waals surface area (Å²) in [5, 5.41) is 9.98. The molecule has 0 aromatic carbocycles. The summed E-state index contributed by atoms with van der Waals surface area (Å²) in [5.41, 5.74) is 0.372. The third-order valence-corrected chi connectivity index (χ3v) is 3.96. The molecule has 0 amide bonds. The molecule has 1 heteroatoms. The van der Waals surface area contributed by atoms with Crippen LogP contribution in [0.25, 0.3) is 0 Å². The van der Waals surface area contributed by atoms with E-state index in [1.165, 1.54) is 51.4 Å². The zero-order chi connectivity index (χ0) is 8.44. The van der Waals surface area contributed by atoms with Gasteiger partial charge >= 0.3 is 0 Å². The molecule has 0 radical (unpaired) electrons. The third kappa shape index (κ3) is 1.39. The molecule has 0 aromatic heterocycles. The van der Waals surface area contributed by atoms with E-state index < -0.39 is 0 Å². The number of aliphatic hydroxyl groups excluding tert-OH is 1. The molecule has 0 aromatic rings. The van der Waals surface area contributed by atoms with Crippen LogP contribution < -0.4 is 0 Å². The molecule has 0 saturated heterocycles. The molecule has 2 saturated carbocycles. The van der Waals surface area contributed by atoms with Crippen molar-refractivity contribution in [3.05, 3.63) is 0 Å². The largest absolute Gasteiger partial charge is 0.393 e. The predicted molar refractivity (Wildman–Crippen MR) is 50.0 cm³/mol. The van der Waals surface area contributed by atoms with Crippen LogP contribution in [0.4, 0.5) is 0 Å². The Labute approximate surface area is 75.2 Å². The smallest absolute Gasteiger partial charge is 0.0596 e. The lowest BCUT2D eigenvalue weighted by Crippen LogP contribution is -2.39. The van der Waals surface area contributed by atoms with Gasteiger partial charge in [0.15, 0.2) is 0 Å². The highest BCUT2D eigenvalue weighted by Gasteiger charge is 2.40. The fraction of sp³-hybridized carbons (Fsp3) is 1.00. The third-order valence-electron chi connectivity index (χ3n) is 3.96. The minimum Gasteiger partial charge on any atom is -0.393 e. The highest BCUT2D eigenvalue weighted by atomic mass is 16.3. The lowest BCUT2D eigenvalue weighted by Gasteiger charge is -2.44. The average Bonchev–Trinajstić information content (AvgIpc) is 2.12. The van der Waals surface area contributed by atoms with Gasteiger partial charge in [-0.3, -0.25) is 0 Å². The Morgan fingerprint density at radius 3 is 2.00 bits per heavy atom. The van der Waals surface area contributed by atoms with E-state index in [-0.39, 0.29) is 6.10 Å². The molecule has 1 nitrogen and oxygen atoms in total. The second kappa shape index (κ2) is 3.37. The Hall–Kier alpha value is -0.0400. The summed E-state index contributed by atoms with van der Waals surface area (Å²) in [6, 6.07) is 0. The first-order valence-corrected chi connectivity index (χ1v) is 5.52. The van der Waals surface area contributed by atoms with E-state index in [0.29, 0.717) is 5.41 Å². The average molecular weight is 168 g/mol. The van der Waals surface area contributed by atoms with Crippen molar-refractivity contribution in [2.45, 2.75) is 63.9 Å². The van der Waals surface area contributed by atoms with Gasteiger partial charge in [0.2, 0.25) is 0 Å². The van der Waals surface area contributed by atoms with Gasteiger partial charge in [-0.15, -0.1) is 0 Å². The molecule has 0 heterocycles. The first-order chi connectivity index (χ1) is 5.83. The maximum absolute atomic E-state index is 9.98. The SMILES string of the molecule is O[C@H]1CCCCC12CCCCC2. The molecule has 0 bridgehead atoms. The number of aliphatic hydroxyl groups is 1. The molecule has 1 spiro atoms. The van der Waals surface area contributed by atoms with Gasteiger partial charge in [-0.05, 0) is 31.1 Å². The first-order valence-electron chi connectivity index (χ1n) is 5.52. The molecular weight excluding hydrogens is 148 g/mol. The van der Waals surface area contributed by atoms with Crippen molar-refractivity contribution in [1.29, 1.82) is 0 Å². The summed E-state index contributed by atoms with van der Waals surface area (Å²) >= 11 is 0. The summed E-state index contributed by atoms with van der Waals surface area (Å²) in [4.78, 5) is 0. The second-order valence-electron chi connectivity index (χ2n) is 4.68. The normalized spacial score (nSPS) is 35.2. The van der Waals surface area contributed by atoms with E-state index in [4.69, 9.17) is 0 Å². The Balaban J connectivity index is 2.04. The fourth-order valence-corrected chi connectivity index (χ4v) is 3.13. The van der Waals surface area contributed by atoms with Crippen LogP contribution in [0.5, 0.6) is 0 Å². The van der Waals surface area contributed by atoms with Gasteiger partial charge in [-0.2, -0.15) is 0 Å². The molecule has 2 aliphatic rings. The summed E-state index contributed by atoms with van der Waals surface area (Å²) in [7, 11) is 0. The zero-order valence-electron chi connectivity index (χ0n) is 7.89. The van der Waals surface area contributed by atoms with E-state index in [0.717, 1.165) is 6.42 Å². The van der Waals surface area contributed by atoms with Crippen molar-refractivity contribution in [2.75, 3.05) is 0 Å². The Morgan fingerprint density at radius 1 is 0.833 bits per heavy atom. The molecule has 2 rings (SSSR count). The zero-order valence-corrected chi connectivity index (χ0v) is 7.89. The van der Waals surface area contributed by atoms with Gasteiger partial charge in [0, 0.05) is 0 Å². The molecule has 0 unspecified atom stereocenters. The van der Waals surface area contributed by atoms with Crippen molar-refractivity contribution >= 4 is 0 Å². The van der Waals surface area contributed by atoms with E-state index in [2.05, 4.69) is 0 Å². The minimum absolute atomic E-state index is 0.0338. The molecule has 0 aliphatic heterocycles. The van der Waals surface area contributed by atoms with Crippen molar-refractivity contribution in [3.8, 4) is 0 Å². The number of hydrogen-bond donors (Lipinski definition) is 1. The van der Waals surface area contributed by atoms with Gasteiger partial charge in [-0.1, -0.05) is 32.1 Å². The highest BCUT2D eigenvalue weighted by Crippen LogP contribution is 2.47. The molecule has 2 aliphatic carbocycles. The van der Waals surface area contributed by atoms with Crippen LogP contribution in [0.3, 0.4) is 0 Å². The predicted octanol–water partition coefficient (Wildman–Crippen LogP) is 2.87. The van der Waals surface area contributed by atoms with Crippen LogP contribution >= 0.6 is 0 Å². The van der Waals surface area contributed by atoms with Gasteiger partial charge < -0.3 is 5.11 Å². The molecule has 12 heavy (non-hydrogen) atoms. The van der Waals surface area contributed by atoms with Gasteiger partial charge in [0.25, 0.3) is 0 Å². The van der Waals surface area contributed by atoms with Gasteiger partial charge in [0.1, 0.15) is 0 Å². The van der Waals surface area contributed by atoms with Crippen molar-refractivity contribution in [2.24, 2.45) is 5.41 Å². The van der Waals surface area contributed by atoms with E-state index in [9.17, 15) is 5.11 Å². The monoisotopic (exact) mass is 168 g/mol. The topological polar surface area (TPSA) is 20.2 Å². The second-order valence-corrected chi connectivity index (χ2v) is 4.68. The molecule has 1 atom stereocenters. The quantitative estimate of drug-likeness (QED) is 0.589. The maximum atomic E-state index is 9.98. The maximum Gasteiger partial charge on any atom is 0.0596 e. The summed E-state index contributed by atoms with van der Waals surface area (Å²) in [5.74, 6) is 0. The van der Waals surface area contributed by atoms with Crippen LogP contribution in [0.2, 0.25) is 0 Å². The fourth-order valence-electron chi connectivity index (χ4n) is 3.13. The van der Waals surface area contributed by atoms with Gasteiger partial charge in [-0.25, -0.2) is 0 Å². The summed E-state index contributed by atoms with van der Waals surface area (Å²) in [6.07, 6.45) is 11.7. The van der Waals surface area contributed by atoms with E-state index in [1.807, 2.05) is 0 Å². The Kier molecular flexibility index (Phi) is 2.40. The molecular formula is C11H20O. The van der Waals surface area contributed by atoms with Crippen LogP contribution in [0.15, 0.2) is 0 Å². The lowest BCUT2D eigenvalue weighted by atomic mass is 9.64. The van der Waals surface area contributed by atoms with Crippen LogP contribution in [-0.2, 0) is 0 Å². The molecule has 2 fully saturated rings. The lowest BCUT2D eigenvalue weighted by molar-refractivity contribution is -0.0364. The number of hydrogen-bond acceptors (Lipinski definition) is 1. The molecule has 1 N–H and O–H groups in total. The summed E-state index contributed by atoms with van der Waals surface area (Å²) in [6.45, 7) is 0. The highest BCUT2D eigenvalue weighted by molar-refractivity contribution is 4.91.